The Labute approximate surface area is 139 Å². The van der Waals surface area contributed by atoms with Gasteiger partial charge in [-0.05, 0) is 40.2 Å². The highest BCUT2D eigenvalue weighted by molar-refractivity contribution is 9.10. The van der Waals surface area contributed by atoms with E-state index >= 15 is 0 Å². The molecule has 0 spiro atoms. The van der Waals surface area contributed by atoms with Crippen molar-refractivity contribution in [3.8, 4) is 0 Å². The Morgan fingerprint density at radius 3 is 2.30 bits per heavy atom. The van der Waals surface area contributed by atoms with Gasteiger partial charge in [-0.1, -0.05) is 13.8 Å². The summed E-state index contributed by atoms with van der Waals surface area (Å²) in [6.45, 7) is 3.64. The molecule has 0 aliphatic carbocycles. The Bertz CT molecular complexity index is 687. The van der Waals surface area contributed by atoms with Gasteiger partial charge in [-0.3, -0.25) is 4.98 Å². The van der Waals surface area contributed by atoms with E-state index in [9.17, 15) is 17.6 Å². The van der Waals surface area contributed by atoms with E-state index in [2.05, 4.69) is 20.9 Å². The molecule has 1 aliphatic heterocycles. The maximum Gasteiger partial charge on any atom is 0.324 e. The van der Waals surface area contributed by atoms with Crippen molar-refractivity contribution >= 4 is 15.9 Å². The second kappa shape index (κ2) is 6.57. The molecule has 2 heterocycles. The third-order valence-electron chi connectivity index (χ3n) is 3.36. The lowest BCUT2D eigenvalue weighted by Gasteiger charge is -2.24. The number of aromatic nitrogens is 1. The Morgan fingerprint density at radius 2 is 1.83 bits per heavy atom. The number of halogens is 5. The highest BCUT2D eigenvalue weighted by atomic mass is 79.9. The lowest BCUT2D eigenvalue weighted by molar-refractivity contribution is -0.0901. The molecule has 0 saturated carbocycles. The van der Waals surface area contributed by atoms with Gasteiger partial charge in [0.15, 0.2) is 5.60 Å². The van der Waals surface area contributed by atoms with Crippen molar-refractivity contribution < 1.29 is 22.3 Å². The average Bonchev–Trinajstić information content (AvgIpc) is 3.32. The second-order valence-electron chi connectivity index (χ2n) is 4.68. The first-order valence-corrected chi connectivity index (χ1v) is 7.75. The fourth-order valence-electron chi connectivity index (χ4n) is 2.16. The molecule has 2 aromatic rings. The van der Waals surface area contributed by atoms with Crippen LogP contribution in [0.15, 0.2) is 41.0 Å². The zero-order valence-electron chi connectivity index (χ0n) is 12.4. The van der Waals surface area contributed by atoms with E-state index in [1.54, 1.807) is 0 Å². The van der Waals surface area contributed by atoms with Crippen LogP contribution in [0.1, 0.15) is 25.1 Å². The maximum atomic E-state index is 14.6. The van der Waals surface area contributed by atoms with Crippen molar-refractivity contribution in [1.29, 1.82) is 0 Å². The minimum absolute atomic E-state index is 0.361. The molecule has 0 bridgehead atoms. The molecule has 1 aromatic heterocycles. The molecule has 0 radical (unpaired) electrons. The number of hydrogen-bond acceptors (Lipinski definition) is 2. The highest BCUT2D eigenvalue weighted by Crippen LogP contribution is 2.56. The van der Waals surface area contributed by atoms with E-state index in [-0.39, 0.29) is 12.2 Å². The van der Waals surface area contributed by atoms with Crippen LogP contribution in [0.25, 0.3) is 0 Å². The highest BCUT2D eigenvalue weighted by Gasteiger charge is 2.68. The summed E-state index contributed by atoms with van der Waals surface area (Å²) in [6, 6.07) is 5.00. The summed E-state index contributed by atoms with van der Waals surface area (Å²) in [4.78, 5) is 3.66. The number of ether oxygens (including phenoxy) is 1. The normalized spacial score (nSPS) is 19.8. The number of nitrogens with zero attached hydrogens (tertiary/aromatic N) is 1. The van der Waals surface area contributed by atoms with Crippen LogP contribution in [0.4, 0.5) is 17.6 Å². The van der Waals surface area contributed by atoms with Crippen molar-refractivity contribution in [2.45, 2.75) is 25.4 Å². The maximum absolute atomic E-state index is 14.6. The molecular formula is C16H14BrF4NO. The minimum Gasteiger partial charge on any atom is -0.357 e. The minimum atomic E-state index is -3.54. The van der Waals surface area contributed by atoms with Crippen LogP contribution < -0.4 is 0 Å². The monoisotopic (exact) mass is 391 g/mol. The summed E-state index contributed by atoms with van der Waals surface area (Å²) in [6.07, 6.45) is 1.22. The zero-order chi connectivity index (χ0) is 17.3. The molecular weight excluding hydrogens is 378 g/mol. The number of hydrogen-bond donors (Lipinski definition) is 0. The van der Waals surface area contributed by atoms with Crippen LogP contribution in [-0.2, 0) is 16.3 Å². The van der Waals surface area contributed by atoms with E-state index in [4.69, 9.17) is 4.74 Å². The van der Waals surface area contributed by atoms with Gasteiger partial charge >= 0.3 is 5.92 Å². The fraction of sp³-hybridized carbons (Fsp3) is 0.312. The average molecular weight is 392 g/mol. The Balaban J connectivity index is 0.000000924. The number of alkyl halides is 2. The molecule has 23 heavy (non-hydrogen) atoms. The van der Waals surface area contributed by atoms with E-state index in [0.29, 0.717) is 10.5 Å². The quantitative estimate of drug-likeness (QED) is 0.532. The smallest absolute Gasteiger partial charge is 0.324 e. The van der Waals surface area contributed by atoms with Gasteiger partial charge < -0.3 is 4.74 Å². The molecule has 7 heteroatoms. The molecule has 1 aromatic carbocycles. The molecule has 1 unspecified atom stereocenters. The number of epoxide rings is 1. The van der Waals surface area contributed by atoms with E-state index in [1.807, 2.05) is 13.8 Å². The summed E-state index contributed by atoms with van der Waals surface area (Å²) in [5.74, 6) is -5.44. The summed E-state index contributed by atoms with van der Waals surface area (Å²) >= 11 is 3.10. The van der Waals surface area contributed by atoms with Crippen molar-refractivity contribution in [1.82, 2.24) is 4.98 Å². The fourth-order valence-corrected chi connectivity index (χ4v) is 2.40. The lowest BCUT2D eigenvalue weighted by Crippen LogP contribution is -2.34. The van der Waals surface area contributed by atoms with E-state index < -0.39 is 28.9 Å². The predicted octanol–water partition coefficient (Wildman–Crippen LogP) is 5.17. The second-order valence-corrected chi connectivity index (χ2v) is 5.59. The van der Waals surface area contributed by atoms with Gasteiger partial charge in [0, 0.05) is 22.3 Å². The largest absolute Gasteiger partial charge is 0.357 e. The van der Waals surface area contributed by atoms with Gasteiger partial charge in [0.25, 0.3) is 0 Å². The first-order chi connectivity index (χ1) is 10.9. The Hall–Kier alpha value is -1.47. The van der Waals surface area contributed by atoms with Crippen molar-refractivity contribution in [2.24, 2.45) is 0 Å². The van der Waals surface area contributed by atoms with Gasteiger partial charge in [0.2, 0.25) is 0 Å². The van der Waals surface area contributed by atoms with Crippen molar-refractivity contribution in [3.63, 3.8) is 0 Å². The van der Waals surface area contributed by atoms with E-state index in [1.165, 1.54) is 12.3 Å². The van der Waals surface area contributed by atoms with Gasteiger partial charge in [-0.15, -0.1) is 0 Å². The zero-order valence-corrected chi connectivity index (χ0v) is 14.0. The molecule has 1 aliphatic rings. The van der Waals surface area contributed by atoms with Crippen LogP contribution in [-0.4, -0.2) is 11.6 Å². The van der Waals surface area contributed by atoms with Crippen LogP contribution in [0.2, 0.25) is 0 Å². The van der Waals surface area contributed by atoms with Crippen molar-refractivity contribution in [2.75, 3.05) is 6.61 Å². The van der Waals surface area contributed by atoms with Gasteiger partial charge in [0.1, 0.15) is 17.3 Å². The van der Waals surface area contributed by atoms with Crippen molar-refractivity contribution in [3.05, 3.63) is 63.9 Å². The molecule has 124 valence electrons. The van der Waals surface area contributed by atoms with E-state index in [0.717, 1.165) is 18.2 Å². The third kappa shape index (κ3) is 3.12. The van der Waals surface area contributed by atoms with Gasteiger partial charge in [-0.2, -0.15) is 8.78 Å². The molecule has 2 nitrogen and oxygen atoms in total. The molecule has 3 rings (SSSR count). The molecule has 1 atom stereocenters. The lowest BCUT2D eigenvalue weighted by atomic mass is 9.90. The van der Waals surface area contributed by atoms with Gasteiger partial charge in [-0.25, -0.2) is 8.78 Å². The summed E-state index contributed by atoms with van der Waals surface area (Å²) in [5, 5.41) is 0. The number of benzene rings is 1. The first kappa shape index (κ1) is 17.9. The van der Waals surface area contributed by atoms with Gasteiger partial charge in [0.05, 0.1) is 6.61 Å². The summed E-state index contributed by atoms with van der Waals surface area (Å²) in [5.41, 5.74) is -3.04. The van der Waals surface area contributed by atoms with Crippen LogP contribution in [0.5, 0.6) is 0 Å². The van der Waals surface area contributed by atoms with Crippen LogP contribution in [0.3, 0.4) is 0 Å². The summed E-state index contributed by atoms with van der Waals surface area (Å²) < 4.78 is 61.4. The molecule has 0 N–H and O–H groups in total. The number of rotatable bonds is 3. The topological polar surface area (TPSA) is 25.4 Å². The molecule has 0 amide bonds. The van der Waals surface area contributed by atoms with Crippen LogP contribution >= 0.6 is 15.9 Å². The molecule has 1 saturated heterocycles. The predicted molar refractivity (Wildman–Crippen MR) is 81.2 cm³/mol. The SMILES string of the molecule is CC.Fc1ccc(C2(C(F)(F)c3ccc(Br)cn3)CO2)c(F)c1. The Morgan fingerprint density at radius 1 is 1.17 bits per heavy atom. The third-order valence-corrected chi connectivity index (χ3v) is 3.82. The van der Waals surface area contributed by atoms with Crippen LogP contribution in [0, 0.1) is 11.6 Å². The Kier molecular flexibility index (Phi) is 5.10. The summed E-state index contributed by atoms with van der Waals surface area (Å²) in [7, 11) is 0. The molecule has 1 fully saturated rings. The standard InChI is InChI=1S/C14H8BrF4NO.C2H6/c15-8-1-4-12(20-6-8)14(18,19)13(7-21-13)10-3-2-9(16)5-11(10)17;1-2/h1-6H,7H2;1-2H3. The number of pyridine rings is 1. The first-order valence-electron chi connectivity index (χ1n) is 6.96.